The number of methoxy groups -OCH3 is 1. The van der Waals surface area contributed by atoms with Crippen molar-refractivity contribution in [3.8, 4) is 5.75 Å². The predicted molar refractivity (Wildman–Crippen MR) is 97.1 cm³/mol. The molecule has 0 radical (unpaired) electrons. The second-order valence-corrected chi connectivity index (χ2v) is 5.93. The van der Waals surface area contributed by atoms with Crippen molar-refractivity contribution in [1.29, 1.82) is 0 Å². The van der Waals surface area contributed by atoms with Crippen LogP contribution in [0.15, 0.2) is 78.9 Å². The Morgan fingerprint density at radius 2 is 1.54 bits per heavy atom. The van der Waals surface area contributed by atoms with E-state index in [0.29, 0.717) is 10.6 Å². The first-order chi connectivity index (χ1) is 11.7. The Kier molecular flexibility index (Phi) is 4.97. The molecule has 0 aliphatic carbocycles. The lowest BCUT2D eigenvalue weighted by atomic mass is 9.85. The van der Waals surface area contributed by atoms with Crippen LogP contribution in [0.5, 0.6) is 5.75 Å². The number of rotatable bonds is 5. The molecule has 0 bridgehead atoms. The fraction of sp³-hybridized carbons (Fsp3) is 0.0952. The molecule has 0 aliphatic heterocycles. The van der Waals surface area contributed by atoms with E-state index in [1.807, 2.05) is 54.6 Å². The van der Waals surface area contributed by atoms with Crippen molar-refractivity contribution in [2.24, 2.45) is 0 Å². The second kappa shape index (κ2) is 7.33. The zero-order chi connectivity index (χ0) is 16.9. The maximum atomic E-state index is 13.2. The smallest absolute Gasteiger partial charge is 0.174 e. The molecule has 0 heterocycles. The van der Waals surface area contributed by atoms with Gasteiger partial charge in [0.15, 0.2) is 5.78 Å². The van der Waals surface area contributed by atoms with Gasteiger partial charge < -0.3 is 4.74 Å². The van der Waals surface area contributed by atoms with Gasteiger partial charge in [-0.1, -0.05) is 54.1 Å². The second-order valence-electron chi connectivity index (χ2n) is 5.49. The van der Waals surface area contributed by atoms with Gasteiger partial charge in [-0.05, 0) is 47.5 Å². The normalized spacial score (nSPS) is 11.8. The van der Waals surface area contributed by atoms with Crippen molar-refractivity contribution in [1.82, 2.24) is 0 Å². The summed E-state index contributed by atoms with van der Waals surface area (Å²) in [5.41, 5.74) is 2.49. The van der Waals surface area contributed by atoms with Crippen molar-refractivity contribution in [2.45, 2.75) is 5.92 Å². The molecular formula is C21H17ClO2. The van der Waals surface area contributed by atoms with Gasteiger partial charge in [0.05, 0.1) is 13.0 Å². The maximum Gasteiger partial charge on any atom is 0.174 e. The highest BCUT2D eigenvalue weighted by Crippen LogP contribution is 2.31. The lowest BCUT2D eigenvalue weighted by molar-refractivity contribution is 0.0974. The summed E-state index contributed by atoms with van der Waals surface area (Å²) in [7, 11) is 1.62. The third-order valence-corrected chi connectivity index (χ3v) is 4.20. The van der Waals surface area contributed by atoms with Crippen molar-refractivity contribution < 1.29 is 9.53 Å². The summed E-state index contributed by atoms with van der Waals surface area (Å²) in [6.07, 6.45) is 0. The Hall–Kier alpha value is -2.58. The van der Waals surface area contributed by atoms with Gasteiger partial charge in [0.25, 0.3) is 0 Å². The molecule has 3 rings (SSSR count). The monoisotopic (exact) mass is 336 g/mol. The van der Waals surface area contributed by atoms with E-state index in [0.717, 1.165) is 16.9 Å². The Morgan fingerprint density at radius 3 is 2.21 bits per heavy atom. The minimum atomic E-state index is -0.387. The number of carbonyl (C=O) groups is 1. The van der Waals surface area contributed by atoms with E-state index in [-0.39, 0.29) is 11.7 Å². The topological polar surface area (TPSA) is 26.3 Å². The highest BCUT2D eigenvalue weighted by atomic mass is 35.5. The summed E-state index contributed by atoms with van der Waals surface area (Å²) in [4.78, 5) is 13.2. The molecule has 3 heteroatoms. The molecule has 0 spiro atoms. The molecule has 0 saturated heterocycles. The summed E-state index contributed by atoms with van der Waals surface area (Å²) in [6.45, 7) is 0. The van der Waals surface area contributed by atoms with Gasteiger partial charge in [-0.25, -0.2) is 0 Å². The molecule has 0 N–H and O–H groups in total. The zero-order valence-corrected chi connectivity index (χ0v) is 14.0. The number of halogens is 1. The first-order valence-corrected chi connectivity index (χ1v) is 8.05. The quantitative estimate of drug-likeness (QED) is 0.586. The van der Waals surface area contributed by atoms with Gasteiger partial charge in [0, 0.05) is 10.6 Å². The van der Waals surface area contributed by atoms with Crippen LogP contribution in [0, 0.1) is 0 Å². The van der Waals surface area contributed by atoms with Gasteiger partial charge in [0.2, 0.25) is 0 Å². The summed E-state index contributed by atoms with van der Waals surface area (Å²) in [5, 5.41) is 0.615. The minimum absolute atomic E-state index is 0.0334. The van der Waals surface area contributed by atoms with Crippen molar-refractivity contribution in [2.75, 3.05) is 7.11 Å². The molecule has 0 fully saturated rings. The zero-order valence-electron chi connectivity index (χ0n) is 13.3. The molecule has 1 atom stereocenters. The van der Waals surface area contributed by atoms with E-state index >= 15 is 0 Å². The van der Waals surface area contributed by atoms with Gasteiger partial charge >= 0.3 is 0 Å². The molecular weight excluding hydrogens is 320 g/mol. The molecule has 120 valence electrons. The molecule has 0 amide bonds. The number of ketones is 1. The number of hydrogen-bond acceptors (Lipinski definition) is 2. The Balaban J connectivity index is 2.08. The summed E-state index contributed by atoms with van der Waals surface area (Å²) < 4.78 is 5.31. The van der Waals surface area contributed by atoms with Gasteiger partial charge in [0.1, 0.15) is 5.75 Å². The molecule has 0 saturated carbocycles. The number of benzene rings is 3. The summed E-state index contributed by atoms with van der Waals surface area (Å²) in [5.74, 6) is 0.380. The molecule has 2 nitrogen and oxygen atoms in total. The minimum Gasteiger partial charge on any atom is -0.497 e. The Morgan fingerprint density at radius 1 is 0.875 bits per heavy atom. The van der Waals surface area contributed by atoms with Crippen LogP contribution in [-0.4, -0.2) is 12.9 Å². The predicted octanol–water partition coefficient (Wildman–Crippen LogP) is 5.36. The van der Waals surface area contributed by atoms with Crippen LogP contribution < -0.4 is 4.74 Å². The van der Waals surface area contributed by atoms with E-state index in [1.54, 1.807) is 31.4 Å². The van der Waals surface area contributed by atoms with Crippen LogP contribution in [0.1, 0.15) is 27.4 Å². The number of ether oxygens (including phenoxy) is 1. The fourth-order valence-electron chi connectivity index (χ4n) is 2.74. The molecule has 0 aliphatic rings. The molecule has 24 heavy (non-hydrogen) atoms. The van der Waals surface area contributed by atoms with E-state index in [2.05, 4.69) is 0 Å². The molecule has 1 unspecified atom stereocenters. The van der Waals surface area contributed by atoms with Crippen molar-refractivity contribution >= 4 is 17.4 Å². The lowest BCUT2D eigenvalue weighted by Crippen LogP contribution is -2.14. The highest BCUT2D eigenvalue weighted by Gasteiger charge is 2.24. The lowest BCUT2D eigenvalue weighted by Gasteiger charge is -2.18. The van der Waals surface area contributed by atoms with E-state index < -0.39 is 0 Å². The van der Waals surface area contributed by atoms with Gasteiger partial charge in [-0.15, -0.1) is 0 Å². The van der Waals surface area contributed by atoms with Crippen LogP contribution in [0.2, 0.25) is 5.02 Å². The van der Waals surface area contributed by atoms with Crippen molar-refractivity contribution in [3.63, 3.8) is 0 Å². The van der Waals surface area contributed by atoms with Crippen LogP contribution in [0.3, 0.4) is 0 Å². The summed E-state index contributed by atoms with van der Waals surface area (Å²) >= 11 is 5.94. The SMILES string of the molecule is COc1cccc(C(C(=O)c2ccc(Cl)cc2)c2ccccc2)c1. The molecule has 0 aromatic heterocycles. The number of carbonyl (C=O) groups excluding carboxylic acids is 1. The highest BCUT2D eigenvalue weighted by molar-refractivity contribution is 6.30. The van der Waals surface area contributed by atoms with E-state index in [9.17, 15) is 4.79 Å². The maximum absolute atomic E-state index is 13.2. The Labute approximate surface area is 146 Å². The van der Waals surface area contributed by atoms with Crippen LogP contribution in [0.25, 0.3) is 0 Å². The third kappa shape index (κ3) is 3.50. The van der Waals surface area contributed by atoms with Gasteiger partial charge in [-0.2, -0.15) is 0 Å². The first-order valence-electron chi connectivity index (χ1n) is 7.67. The summed E-state index contributed by atoms with van der Waals surface area (Å²) in [6, 6.07) is 24.4. The van der Waals surface area contributed by atoms with E-state index in [1.165, 1.54) is 0 Å². The first kappa shape index (κ1) is 16.3. The molecule has 3 aromatic carbocycles. The number of hydrogen-bond donors (Lipinski definition) is 0. The third-order valence-electron chi connectivity index (χ3n) is 3.95. The van der Waals surface area contributed by atoms with Crippen LogP contribution in [0.4, 0.5) is 0 Å². The van der Waals surface area contributed by atoms with Crippen LogP contribution >= 0.6 is 11.6 Å². The fourth-order valence-corrected chi connectivity index (χ4v) is 2.87. The van der Waals surface area contributed by atoms with Crippen LogP contribution in [-0.2, 0) is 0 Å². The average molecular weight is 337 g/mol. The largest absolute Gasteiger partial charge is 0.497 e. The van der Waals surface area contributed by atoms with E-state index in [4.69, 9.17) is 16.3 Å². The average Bonchev–Trinajstić information content (AvgIpc) is 2.63. The number of Topliss-reactive ketones (excluding diaryl/α,β-unsaturated/α-hetero) is 1. The van der Waals surface area contributed by atoms with Crippen molar-refractivity contribution in [3.05, 3.63) is 101 Å². The standard InChI is InChI=1S/C21H17ClO2/c1-24-19-9-5-8-17(14-19)20(15-6-3-2-4-7-15)21(23)16-10-12-18(22)13-11-16/h2-14,20H,1H3. The van der Waals surface area contributed by atoms with Gasteiger partial charge in [-0.3, -0.25) is 4.79 Å². The molecule has 3 aromatic rings. The Bertz CT molecular complexity index is 826.